The van der Waals surface area contributed by atoms with E-state index in [2.05, 4.69) is 37.8 Å². The SMILES string of the molecule is CCc1ccc2c(c1)N(Cc1cccc(C(=O)O)c1)CC(C)(C)O2. The first kappa shape index (κ1) is 16.4. The van der Waals surface area contributed by atoms with Crippen LogP contribution in [0.15, 0.2) is 42.5 Å². The van der Waals surface area contributed by atoms with Crippen LogP contribution in [-0.2, 0) is 13.0 Å². The summed E-state index contributed by atoms with van der Waals surface area (Å²) in [5.74, 6) is -0.00864. The number of aromatic carboxylic acids is 1. The summed E-state index contributed by atoms with van der Waals surface area (Å²) in [5, 5.41) is 9.19. The van der Waals surface area contributed by atoms with Gasteiger partial charge in [-0.25, -0.2) is 4.79 Å². The Bertz CT molecular complexity index is 767. The lowest BCUT2D eigenvalue weighted by Crippen LogP contribution is -2.46. The Balaban J connectivity index is 1.95. The molecule has 2 aromatic rings. The minimum absolute atomic E-state index is 0.287. The van der Waals surface area contributed by atoms with E-state index in [1.54, 1.807) is 18.2 Å². The molecule has 24 heavy (non-hydrogen) atoms. The highest BCUT2D eigenvalue weighted by Gasteiger charge is 2.31. The van der Waals surface area contributed by atoms with Crippen LogP contribution in [0.4, 0.5) is 5.69 Å². The van der Waals surface area contributed by atoms with Crippen LogP contribution in [0.1, 0.15) is 42.3 Å². The van der Waals surface area contributed by atoms with Crippen LogP contribution in [0.5, 0.6) is 5.75 Å². The Kier molecular flexibility index (Phi) is 4.22. The van der Waals surface area contributed by atoms with Gasteiger partial charge >= 0.3 is 5.97 Å². The third kappa shape index (κ3) is 3.37. The number of benzene rings is 2. The number of hydrogen-bond acceptors (Lipinski definition) is 3. The molecule has 2 aromatic carbocycles. The molecule has 0 fully saturated rings. The van der Waals surface area contributed by atoms with Crippen molar-refractivity contribution in [3.05, 3.63) is 59.2 Å². The standard InChI is InChI=1S/C20H23NO3/c1-4-14-8-9-18-17(11-14)21(13-20(2,3)24-18)12-15-6-5-7-16(10-15)19(22)23/h5-11H,4,12-13H2,1-3H3,(H,22,23). The van der Waals surface area contributed by atoms with E-state index in [1.165, 1.54) is 5.56 Å². The molecule has 1 aliphatic heterocycles. The number of rotatable bonds is 4. The number of nitrogens with zero attached hydrogens (tertiary/aromatic N) is 1. The molecule has 0 saturated heterocycles. The average Bonchev–Trinajstić information content (AvgIpc) is 2.54. The minimum Gasteiger partial charge on any atom is -0.484 e. The average molecular weight is 325 g/mol. The van der Waals surface area contributed by atoms with Crippen LogP contribution in [0.2, 0.25) is 0 Å². The summed E-state index contributed by atoms with van der Waals surface area (Å²) in [4.78, 5) is 13.5. The molecule has 0 aromatic heterocycles. The van der Waals surface area contributed by atoms with E-state index in [4.69, 9.17) is 4.74 Å². The van der Waals surface area contributed by atoms with Gasteiger partial charge in [-0.1, -0.05) is 25.1 Å². The predicted octanol–water partition coefficient (Wildman–Crippen LogP) is 4.12. The summed E-state index contributed by atoms with van der Waals surface area (Å²) in [6.45, 7) is 7.70. The molecule has 0 saturated carbocycles. The number of hydrogen-bond donors (Lipinski definition) is 1. The second kappa shape index (κ2) is 6.19. The van der Waals surface area contributed by atoms with Gasteiger partial charge in [-0.05, 0) is 55.7 Å². The largest absolute Gasteiger partial charge is 0.484 e. The molecular formula is C20H23NO3. The molecule has 1 N–H and O–H groups in total. The van der Waals surface area contributed by atoms with Crippen molar-refractivity contribution in [2.75, 3.05) is 11.4 Å². The van der Waals surface area contributed by atoms with E-state index in [0.717, 1.165) is 30.0 Å². The molecule has 3 rings (SSSR count). The minimum atomic E-state index is -0.896. The van der Waals surface area contributed by atoms with Crippen molar-refractivity contribution < 1.29 is 14.6 Å². The molecule has 0 spiro atoms. The van der Waals surface area contributed by atoms with Crippen LogP contribution in [0, 0.1) is 0 Å². The van der Waals surface area contributed by atoms with E-state index in [0.29, 0.717) is 12.1 Å². The molecule has 0 radical (unpaired) electrons. The number of anilines is 1. The maximum atomic E-state index is 11.2. The molecule has 0 unspecified atom stereocenters. The van der Waals surface area contributed by atoms with Gasteiger partial charge in [0.1, 0.15) is 11.4 Å². The summed E-state index contributed by atoms with van der Waals surface area (Å²) < 4.78 is 6.11. The number of aryl methyl sites for hydroxylation is 1. The van der Waals surface area contributed by atoms with Crippen LogP contribution >= 0.6 is 0 Å². The number of carbonyl (C=O) groups is 1. The number of carboxylic acids is 1. The fourth-order valence-corrected chi connectivity index (χ4v) is 3.16. The van der Waals surface area contributed by atoms with Gasteiger partial charge < -0.3 is 14.7 Å². The first-order valence-electron chi connectivity index (χ1n) is 8.27. The molecule has 4 heteroatoms. The Morgan fingerprint density at radius 3 is 2.71 bits per heavy atom. The number of carboxylic acid groups (broad SMARTS) is 1. The molecule has 0 atom stereocenters. The van der Waals surface area contributed by atoms with Gasteiger partial charge in [-0.3, -0.25) is 0 Å². The molecule has 126 valence electrons. The monoisotopic (exact) mass is 325 g/mol. The van der Waals surface area contributed by atoms with E-state index < -0.39 is 5.97 Å². The van der Waals surface area contributed by atoms with Gasteiger partial charge in [-0.15, -0.1) is 0 Å². The van der Waals surface area contributed by atoms with Gasteiger partial charge in [0.25, 0.3) is 0 Å². The lowest BCUT2D eigenvalue weighted by atomic mass is 10.0. The Morgan fingerprint density at radius 2 is 2.00 bits per heavy atom. The van der Waals surface area contributed by atoms with Gasteiger partial charge in [0.2, 0.25) is 0 Å². The molecule has 0 bridgehead atoms. The van der Waals surface area contributed by atoms with Gasteiger partial charge in [0.05, 0.1) is 17.8 Å². The first-order chi connectivity index (χ1) is 11.4. The van der Waals surface area contributed by atoms with E-state index in [1.807, 2.05) is 12.1 Å². The van der Waals surface area contributed by atoms with Crippen molar-refractivity contribution >= 4 is 11.7 Å². The fourth-order valence-electron chi connectivity index (χ4n) is 3.16. The topological polar surface area (TPSA) is 49.8 Å². The zero-order valence-electron chi connectivity index (χ0n) is 14.4. The molecule has 0 aliphatic carbocycles. The van der Waals surface area contributed by atoms with Crippen molar-refractivity contribution in [3.63, 3.8) is 0 Å². The van der Waals surface area contributed by atoms with E-state index in [-0.39, 0.29) is 5.60 Å². The normalized spacial score (nSPS) is 15.5. The lowest BCUT2D eigenvalue weighted by Gasteiger charge is -2.41. The fraction of sp³-hybridized carbons (Fsp3) is 0.350. The highest BCUT2D eigenvalue weighted by atomic mass is 16.5. The number of ether oxygens (including phenoxy) is 1. The Labute approximate surface area is 142 Å². The summed E-state index contributed by atoms with van der Waals surface area (Å²) in [6.07, 6.45) is 0.971. The molecule has 1 heterocycles. The van der Waals surface area contributed by atoms with Crippen LogP contribution in [0.25, 0.3) is 0 Å². The van der Waals surface area contributed by atoms with Crippen molar-refractivity contribution in [2.24, 2.45) is 0 Å². The third-order valence-electron chi connectivity index (χ3n) is 4.28. The quantitative estimate of drug-likeness (QED) is 0.918. The molecule has 1 aliphatic rings. The van der Waals surface area contributed by atoms with E-state index >= 15 is 0 Å². The molecule has 0 amide bonds. The van der Waals surface area contributed by atoms with Gasteiger partial charge in [-0.2, -0.15) is 0 Å². The van der Waals surface area contributed by atoms with Crippen molar-refractivity contribution in [3.8, 4) is 5.75 Å². The maximum Gasteiger partial charge on any atom is 0.335 e. The lowest BCUT2D eigenvalue weighted by molar-refractivity contribution is 0.0696. The summed E-state index contributed by atoms with van der Waals surface area (Å²) in [6, 6.07) is 13.4. The highest BCUT2D eigenvalue weighted by molar-refractivity contribution is 5.87. The molecular weight excluding hydrogens is 302 g/mol. The van der Waals surface area contributed by atoms with Gasteiger partial charge in [0.15, 0.2) is 0 Å². The second-order valence-corrected chi connectivity index (χ2v) is 6.88. The zero-order valence-corrected chi connectivity index (χ0v) is 14.4. The summed E-state index contributed by atoms with van der Waals surface area (Å²) >= 11 is 0. The summed E-state index contributed by atoms with van der Waals surface area (Å²) in [7, 11) is 0. The smallest absolute Gasteiger partial charge is 0.335 e. The highest BCUT2D eigenvalue weighted by Crippen LogP contribution is 2.38. The predicted molar refractivity (Wildman–Crippen MR) is 95.0 cm³/mol. The summed E-state index contributed by atoms with van der Waals surface area (Å²) in [5.41, 5.74) is 3.37. The van der Waals surface area contributed by atoms with Crippen molar-refractivity contribution in [1.82, 2.24) is 0 Å². The van der Waals surface area contributed by atoms with Crippen molar-refractivity contribution in [1.29, 1.82) is 0 Å². The van der Waals surface area contributed by atoms with Crippen LogP contribution < -0.4 is 9.64 Å². The first-order valence-corrected chi connectivity index (χ1v) is 8.27. The second-order valence-electron chi connectivity index (χ2n) is 6.88. The Hall–Kier alpha value is -2.49. The van der Waals surface area contributed by atoms with Crippen molar-refractivity contribution in [2.45, 2.75) is 39.3 Å². The Morgan fingerprint density at radius 1 is 1.21 bits per heavy atom. The molecule has 4 nitrogen and oxygen atoms in total. The zero-order chi connectivity index (χ0) is 17.3. The number of fused-ring (bicyclic) bond motifs is 1. The van der Waals surface area contributed by atoms with E-state index in [9.17, 15) is 9.90 Å². The van der Waals surface area contributed by atoms with Crippen LogP contribution in [-0.4, -0.2) is 23.2 Å². The van der Waals surface area contributed by atoms with Gasteiger partial charge in [0, 0.05) is 6.54 Å². The van der Waals surface area contributed by atoms with Crippen LogP contribution in [0.3, 0.4) is 0 Å². The maximum absolute atomic E-state index is 11.2. The third-order valence-corrected chi connectivity index (χ3v) is 4.28.